The highest BCUT2D eigenvalue weighted by molar-refractivity contribution is 7.21. The van der Waals surface area contributed by atoms with Crippen molar-refractivity contribution in [2.75, 3.05) is 17.7 Å². The Morgan fingerprint density at radius 2 is 1.52 bits per heavy atom. The van der Waals surface area contributed by atoms with Crippen molar-refractivity contribution in [2.45, 2.75) is 0 Å². The maximum absolute atomic E-state index is 13.4. The summed E-state index contributed by atoms with van der Waals surface area (Å²) in [5, 5.41) is 6.46. The van der Waals surface area contributed by atoms with Gasteiger partial charge in [0.1, 0.15) is 16.4 Å². The fourth-order valence-electron chi connectivity index (χ4n) is 2.96. The average molecular weight is 455 g/mol. The quantitative estimate of drug-likeness (QED) is 0.377. The number of hydrogen-bond acceptors (Lipinski definition) is 4. The molecule has 1 heterocycles. The van der Waals surface area contributed by atoms with E-state index in [2.05, 4.69) is 10.6 Å². The Balaban J connectivity index is 1.45. The molecule has 2 amide bonds. The van der Waals surface area contributed by atoms with Crippen LogP contribution in [0, 0.1) is 5.82 Å². The van der Waals surface area contributed by atoms with Gasteiger partial charge in [-0.3, -0.25) is 9.59 Å². The molecule has 0 radical (unpaired) electrons. The molecule has 31 heavy (non-hydrogen) atoms. The number of fused-ring (bicyclic) bond motifs is 1. The van der Waals surface area contributed by atoms with Gasteiger partial charge in [-0.2, -0.15) is 0 Å². The maximum atomic E-state index is 13.4. The number of rotatable bonds is 5. The minimum absolute atomic E-state index is 0.280. The summed E-state index contributed by atoms with van der Waals surface area (Å²) in [6.45, 7) is 0. The lowest BCUT2D eigenvalue weighted by atomic mass is 10.2. The highest BCUT2D eigenvalue weighted by Crippen LogP contribution is 2.36. The highest BCUT2D eigenvalue weighted by Gasteiger charge is 2.18. The summed E-state index contributed by atoms with van der Waals surface area (Å²) in [6, 6.07) is 17.7. The summed E-state index contributed by atoms with van der Waals surface area (Å²) >= 11 is 7.42. The van der Waals surface area contributed by atoms with E-state index in [1.165, 1.54) is 12.1 Å². The Morgan fingerprint density at radius 3 is 2.16 bits per heavy atom. The number of benzene rings is 3. The molecule has 0 fully saturated rings. The standard InChI is InChI=1S/C23H16ClFN2O3S/c1-30-17-9-7-16(8-10-17)26-22(28)13-2-5-15(6-3-13)27-23(29)21-20(24)18-11-4-14(25)12-19(18)31-21/h2-12H,1H3,(H,26,28)(H,27,29). The number of amides is 2. The van der Waals surface area contributed by atoms with Crippen LogP contribution in [0.25, 0.3) is 10.1 Å². The van der Waals surface area contributed by atoms with Crippen LogP contribution >= 0.6 is 22.9 Å². The van der Waals surface area contributed by atoms with Gasteiger partial charge in [0.25, 0.3) is 11.8 Å². The molecule has 1 aromatic heterocycles. The smallest absolute Gasteiger partial charge is 0.267 e. The second-order valence-electron chi connectivity index (χ2n) is 6.60. The fraction of sp³-hybridized carbons (Fsp3) is 0.0435. The third kappa shape index (κ3) is 4.52. The van der Waals surface area contributed by atoms with Gasteiger partial charge in [-0.1, -0.05) is 11.6 Å². The van der Waals surface area contributed by atoms with E-state index in [9.17, 15) is 14.0 Å². The molecule has 3 aromatic carbocycles. The van der Waals surface area contributed by atoms with Gasteiger partial charge in [-0.05, 0) is 66.7 Å². The van der Waals surface area contributed by atoms with Crippen molar-refractivity contribution in [3.63, 3.8) is 0 Å². The van der Waals surface area contributed by atoms with E-state index in [1.807, 2.05) is 0 Å². The van der Waals surface area contributed by atoms with Gasteiger partial charge in [0.2, 0.25) is 0 Å². The Kier molecular flexibility index (Phi) is 5.88. The first-order chi connectivity index (χ1) is 14.9. The average Bonchev–Trinajstić information content (AvgIpc) is 3.10. The molecule has 5 nitrogen and oxygen atoms in total. The predicted molar refractivity (Wildman–Crippen MR) is 122 cm³/mol. The summed E-state index contributed by atoms with van der Waals surface area (Å²) in [6.07, 6.45) is 0. The largest absolute Gasteiger partial charge is 0.497 e. The van der Waals surface area contributed by atoms with Crippen LogP contribution in [0.15, 0.2) is 66.7 Å². The first kappa shape index (κ1) is 20.8. The van der Waals surface area contributed by atoms with E-state index < -0.39 is 5.91 Å². The van der Waals surface area contributed by atoms with Crippen molar-refractivity contribution in [3.05, 3.63) is 88.0 Å². The summed E-state index contributed by atoms with van der Waals surface area (Å²) in [4.78, 5) is 25.3. The lowest BCUT2D eigenvalue weighted by molar-refractivity contribution is 0.102. The van der Waals surface area contributed by atoms with Crippen molar-refractivity contribution >= 4 is 56.2 Å². The molecular weight excluding hydrogens is 439 g/mol. The van der Waals surface area contributed by atoms with Gasteiger partial charge in [0.05, 0.1) is 12.1 Å². The monoisotopic (exact) mass is 454 g/mol. The second kappa shape index (κ2) is 8.75. The third-order valence-electron chi connectivity index (χ3n) is 4.55. The molecule has 8 heteroatoms. The molecule has 0 aliphatic carbocycles. The lowest BCUT2D eigenvalue weighted by Crippen LogP contribution is -2.13. The van der Waals surface area contributed by atoms with Gasteiger partial charge in [0.15, 0.2) is 0 Å². The van der Waals surface area contributed by atoms with Crippen LogP contribution in [-0.4, -0.2) is 18.9 Å². The van der Waals surface area contributed by atoms with Gasteiger partial charge >= 0.3 is 0 Å². The number of anilines is 2. The second-order valence-corrected chi connectivity index (χ2v) is 8.03. The van der Waals surface area contributed by atoms with Crippen LogP contribution in [0.5, 0.6) is 5.75 Å². The molecule has 0 unspecified atom stereocenters. The number of thiophene rings is 1. The SMILES string of the molecule is COc1ccc(NC(=O)c2ccc(NC(=O)c3sc4cc(F)ccc4c3Cl)cc2)cc1. The molecule has 4 rings (SSSR count). The number of nitrogens with one attached hydrogen (secondary N) is 2. The minimum Gasteiger partial charge on any atom is -0.497 e. The van der Waals surface area contributed by atoms with Crippen LogP contribution in [-0.2, 0) is 0 Å². The number of methoxy groups -OCH3 is 1. The van der Waals surface area contributed by atoms with E-state index in [4.69, 9.17) is 16.3 Å². The molecule has 0 spiro atoms. The minimum atomic E-state index is -0.401. The fourth-order valence-corrected chi connectivity index (χ4v) is 4.39. The highest BCUT2D eigenvalue weighted by atomic mass is 35.5. The number of hydrogen-bond donors (Lipinski definition) is 2. The van der Waals surface area contributed by atoms with Crippen LogP contribution in [0.2, 0.25) is 5.02 Å². The van der Waals surface area contributed by atoms with E-state index >= 15 is 0 Å². The first-order valence-corrected chi connectivity index (χ1v) is 10.4. The normalized spacial score (nSPS) is 10.7. The van der Waals surface area contributed by atoms with E-state index in [1.54, 1.807) is 61.7 Å². The molecule has 156 valence electrons. The lowest BCUT2D eigenvalue weighted by Gasteiger charge is -2.08. The molecule has 0 aliphatic heterocycles. The number of carbonyl (C=O) groups excluding carboxylic acids is 2. The molecule has 0 atom stereocenters. The Labute approximate surface area is 186 Å². The Bertz CT molecular complexity index is 1270. The van der Waals surface area contributed by atoms with Gasteiger partial charge in [0, 0.05) is 27.0 Å². The summed E-state index contributed by atoms with van der Waals surface area (Å²) in [5.41, 5.74) is 1.58. The topological polar surface area (TPSA) is 67.4 Å². The van der Waals surface area contributed by atoms with Crippen LogP contribution in [0.3, 0.4) is 0 Å². The van der Waals surface area contributed by atoms with Gasteiger partial charge in [-0.15, -0.1) is 11.3 Å². The van der Waals surface area contributed by atoms with Crippen molar-refractivity contribution in [2.24, 2.45) is 0 Å². The zero-order chi connectivity index (χ0) is 22.0. The molecule has 0 saturated carbocycles. The third-order valence-corrected chi connectivity index (χ3v) is 6.21. The first-order valence-electron chi connectivity index (χ1n) is 9.19. The van der Waals surface area contributed by atoms with Crippen LogP contribution in [0.1, 0.15) is 20.0 Å². The predicted octanol–water partition coefficient (Wildman–Crippen LogP) is 6.21. The summed E-state index contributed by atoms with van der Waals surface area (Å²) in [7, 11) is 1.57. The maximum Gasteiger partial charge on any atom is 0.267 e. The van der Waals surface area contributed by atoms with Crippen molar-refractivity contribution < 1.29 is 18.7 Å². The van der Waals surface area contributed by atoms with Crippen molar-refractivity contribution in [3.8, 4) is 5.75 Å². The summed E-state index contributed by atoms with van der Waals surface area (Å²) in [5.74, 6) is -0.373. The number of carbonyl (C=O) groups is 2. The Hall–Kier alpha value is -3.42. The van der Waals surface area contributed by atoms with Crippen LogP contribution < -0.4 is 15.4 Å². The molecule has 4 aromatic rings. The molecule has 0 saturated heterocycles. The van der Waals surface area contributed by atoms with Gasteiger partial charge < -0.3 is 15.4 Å². The molecule has 0 aliphatic rings. The molecule has 0 bridgehead atoms. The zero-order valence-corrected chi connectivity index (χ0v) is 17.8. The van der Waals surface area contributed by atoms with E-state index in [0.29, 0.717) is 37.7 Å². The Morgan fingerprint density at radius 1 is 0.903 bits per heavy atom. The molecule has 2 N–H and O–H groups in total. The van der Waals surface area contributed by atoms with Crippen molar-refractivity contribution in [1.29, 1.82) is 0 Å². The summed E-state index contributed by atoms with van der Waals surface area (Å²) < 4.78 is 19.1. The van der Waals surface area contributed by atoms with E-state index in [-0.39, 0.29) is 16.7 Å². The number of ether oxygens (including phenoxy) is 1. The van der Waals surface area contributed by atoms with Crippen LogP contribution in [0.4, 0.5) is 15.8 Å². The number of halogens is 2. The van der Waals surface area contributed by atoms with E-state index in [0.717, 1.165) is 11.3 Å². The zero-order valence-electron chi connectivity index (χ0n) is 16.2. The molecular formula is C23H16ClFN2O3S. The van der Waals surface area contributed by atoms with Crippen molar-refractivity contribution in [1.82, 2.24) is 0 Å². The van der Waals surface area contributed by atoms with Gasteiger partial charge in [-0.25, -0.2) is 4.39 Å².